The Bertz CT molecular complexity index is 909. The van der Waals surface area contributed by atoms with Crippen molar-refractivity contribution in [3.63, 3.8) is 0 Å². The van der Waals surface area contributed by atoms with Crippen molar-refractivity contribution in [1.82, 2.24) is 4.57 Å². The van der Waals surface area contributed by atoms with Gasteiger partial charge in [0.1, 0.15) is 5.75 Å². The Morgan fingerprint density at radius 2 is 2.00 bits per heavy atom. The van der Waals surface area contributed by atoms with Crippen LogP contribution in [0.15, 0.2) is 21.4 Å². The summed E-state index contributed by atoms with van der Waals surface area (Å²) in [6.07, 6.45) is -4.71. The number of aromatic nitrogens is 1. The van der Waals surface area contributed by atoms with Crippen molar-refractivity contribution in [3.05, 3.63) is 32.5 Å². The van der Waals surface area contributed by atoms with Crippen LogP contribution in [-0.2, 0) is 11.8 Å². The summed E-state index contributed by atoms with van der Waals surface area (Å²) in [4.78, 5) is 24.4. The van der Waals surface area contributed by atoms with E-state index in [2.05, 4.69) is 15.9 Å². The van der Waals surface area contributed by atoms with Crippen molar-refractivity contribution < 1.29 is 27.8 Å². The molecule has 0 aliphatic heterocycles. The minimum absolute atomic E-state index is 0.0169. The number of fused-ring (bicyclic) bond motifs is 1. The maximum atomic E-state index is 13.1. The molecule has 0 radical (unpaired) electrons. The molecule has 0 fully saturated rings. The number of esters is 1. The van der Waals surface area contributed by atoms with E-state index in [0.29, 0.717) is 0 Å². The molecule has 0 aliphatic rings. The number of nitrogens with zero attached hydrogens (tertiary/aromatic N) is 2. The van der Waals surface area contributed by atoms with Crippen LogP contribution in [0, 0.1) is 0 Å². The zero-order valence-electron chi connectivity index (χ0n) is 13.4. The molecule has 0 atom stereocenters. The normalized spacial score (nSPS) is 11.6. The van der Waals surface area contributed by atoms with Crippen molar-refractivity contribution in [2.75, 3.05) is 18.6 Å². The van der Waals surface area contributed by atoms with E-state index in [1.165, 1.54) is 26.1 Å². The van der Waals surface area contributed by atoms with Gasteiger partial charge in [-0.2, -0.15) is 13.2 Å². The summed E-state index contributed by atoms with van der Waals surface area (Å²) >= 11 is 3.08. The summed E-state index contributed by atoms with van der Waals surface area (Å²) in [5, 5.41) is 10.3. The van der Waals surface area contributed by atoms with E-state index in [4.69, 9.17) is 4.74 Å². The number of rotatable bonds is 3. The molecule has 0 unspecified atom stereocenters. The van der Waals surface area contributed by atoms with Gasteiger partial charge >= 0.3 is 12.3 Å². The highest BCUT2D eigenvalue weighted by atomic mass is 79.9. The third-order valence-corrected chi connectivity index (χ3v) is 4.08. The molecule has 10 heteroatoms. The fraction of sp³-hybridized carbons (Fsp3) is 0.333. The fourth-order valence-corrected chi connectivity index (χ4v) is 2.85. The third kappa shape index (κ3) is 3.30. The lowest BCUT2D eigenvalue weighted by atomic mass is 10.1. The average molecular weight is 423 g/mol. The maximum absolute atomic E-state index is 13.1. The zero-order valence-corrected chi connectivity index (χ0v) is 15.0. The molecule has 6 nitrogen and oxygen atoms in total. The maximum Gasteiger partial charge on any atom is 0.484 e. The second kappa shape index (κ2) is 6.58. The Morgan fingerprint density at radius 3 is 2.52 bits per heavy atom. The number of benzene rings is 1. The molecule has 0 saturated carbocycles. The third-order valence-electron chi connectivity index (χ3n) is 3.62. The largest absolute Gasteiger partial charge is 0.506 e. The first-order chi connectivity index (χ1) is 11.5. The van der Waals surface area contributed by atoms with Crippen molar-refractivity contribution in [2.45, 2.75) is 13.2 Å². The second-order valence-electron chi connectivity index (χ2n) is 5.16. The van der Waals surface area contributed by atoms with E-state index in [1.807, 2.05) is 0 Å². The van der Waals surface area contributed by atoms with Crippen molar-refractivity contribution >= 4 is 38.5 Å². The van der Waals surface area contributed by atoms with Crippen molar-refractivity contribution in [3.8, 4) is 5.75 Å². The van der Waals surface area contributed by atoms with Crippen LogP contribution in [0.5, 0.6) is 5.75 Å². The fourth-order valence-electron chi connectivity index (χ4n) is 2.40. The Morgan fingerprint density at radius 1 is 1.40 bits per heavy atom. The second-order valence-corrected chi connectivity index (χ2v) is 6.07. The summed E-state index contributed by atoms with van der Waals surface area (Å²) in [6.45, 7) is 1.49. The van der Waals surface area contributed by atoms with Crippen LogP contribution in [0.3, 0.4) is 0 Å². The Balaban J connectivity index is 2.95. The topological polar surface area (TPSA) is 71.8 Å². The van der Waals surface area contributed by atoms with Gasteiger partial charge in [-0.1, -0.05) is 15.9 Å². The monoisotopic (exact) mass is 422 g/mol. The summed E-state index contributed by atoms with van der Waals surface area (Å²) in [5.41, 5.74) is -2.11. The quantitative estimate of drug-likeness (QED) is 0.607. The van der Waals surface area contributed by atoms with Gasteiger partial charge in [0.15, 0.2) is 5.56 Å². The number of aromatic hydroxyl groups is 1. The lowest BCUT2D eigenvalue weighted by Crippen LogP contribution is -2.35. The standard InChI is InChI=1S/C15H14BrF3N2O4/c1-4-25-14(24)10-12(22)8-5-7(16)6-9(21(3)15(17,18)19)11(8)20(2)13(10)23/h5-6,22H,4H2,1-3H3. The average Bonchev–Trinajstić information content (AvgIpc) is 2.50. The molecule has 1 N–H and O–H groups in total. The number of carbonyl (C=O) groups is 1. The number of alkyl halides is 3. The first kappa shape index (κ1) is 19.1. The minimum atomic E-state index is -4.71. The SMILES string of the molecule is CCOC(=O)c1c(O)c2cc(Br)cc(N(C)C(F)(F)F)c2n(C)c1=O. The molecule has 0 bridgehead atoms. The first-order valence-electron chi connectivity index (χ1n) is 7.03. The van der Waals surface area contributed by atoms with E-state index in [-0.39, 0.29) is 32.6 Å². The number of halogens is 4. The van der Waals surface area contributed by atoms with Crippen LogP contribution in [0.2, 0.25) is 0 Å². The first-order valence-corrected chi connectivity index (χ1v) is 7.82. The molecular weight excluding hydrogens is 409 g/mol. The number of hydrogen-bond acceptors (Lipinski definition) is 5. The Labute approximate surface area is 148 Å². The summed E-state index contributed by atoms with van der Waals surface area (Å²) < 4.78 is 45.2. The smallest absolute Gasteiger partial charge is 0.484 e. The molecule has 0 amide bonds. The molecular formula is C15H14BrF3N2O4. The molecule has 1 heterocycles. The van der Waals surface area contributed by atoms with E-state index >= 15 is 0 Å². The molecule has 1 aromatic carbocycles. The van der Waals surface area contributed by atoms with Gasteiger partial charge in [0, 0.05) is 24.0 Å². The molecule has 0 aliphatic carbocycles. The molecule has 0 saturated heterocycles. The van der Waals surface area contributed by atoms with Gasteiger partial charge < -0.3 is 14.4 Å². The number of aryl methyl sites for hydroxylation is 1. The number of pyridine rings is 1. The summed E-state index contributed by atoms with van der Waals surface area (Å²) in [6, 6.07) is 2.49. The van der Waals surface area contributed by atoms with Crippen LogP contribution in [0.4, 0.5) is 18.9 Å². The predicted octanol–water partition coefficient (Wildman–Crippen LogP) is 3.14. The van der Waals surface area contributed by atoms with Crippen LogP contribution >= 0.6 is 15.9 Å². The van der Waals surface area contributed by atoms with Crippen LogP contribution < -0.4 is 10.5 Å². The van der Waals surface area contributed by atoms with Gasteiger partial charge in [-0.15, -0.1) is 0 Å². The van der Waals surface area contributed by atoms with Crippen LogP contribution in [0.1, 0.15) is 17.3 Å². The lowest BCUT2D eigenvalue weighted by molar-refractivity contribution is -0.125. The number of hydrogen-bond donors (Lipinski definition) is 1. The molecule has 25 heavy (non-hydrogen) atoms. The highest BCUT2D eigenvalue weighted by molar-refractivity contribution is 9.10. The van der Waals surface area contributed by atoms with Gasteiger partial charge in [-0.25, -0.2) is 4.79 Å². The molecule has 136 valence electrons. The number of carbonyl (C=O) groups excluding carboxylic acids is 1. The van der Waals surface area contributed by atoms with Crippen molar-refractivity contribution in [2.24, 2.45) is 7.05 Å². The van der Waals surface area contributed by atoms with Gasteiger partial charge in [-0.05, 0) is 19.1 Å². The summed E-state index contributed by atoms with van der Waals surface area (Å²) in [7, 11) is 2.01. The van der Waals surface area contributed by atoms with E-state index in [1.54, 1.807) is 0 Å². The van der Waals surface area contributed by atoms with Gasteiger partial charge in [-0.3, -0.25) is 9.69 Å². The minimum Gasteiger partial charge on any atom is -0.506 e. The zero-order chi connectivity index (χ0) is 19.1. The molecule has 2 rings (SSSR count). The van der Waals surface area contributed by atoms with Crippen LogP contribution in [-0.4, -0.2) is 35.6 Å². The molecule has 0 spiro atoms. The number of anilines is 1. The molecule has 2 aromatic rings. The highest BCUT2D eigenvalue weighted by Gasteiger charge is 2.36. The van der Waals surface area contributed by atoms with Crippen LogP contribution in [0.25, 0.3) is 10.9 Å². The van der Waals surface area contributed by atoms with Gasteiger partial charge in [0.05, 0.1) is 17.8 Å². The Kier molecular flexibility index (Phi) is 5.03. The molecule has 1 aromatic heterocycles. The van der Waals surface area contributed by atoms with Gasteiger partial charge in [0.25, 0.3) is 5.56 Å². The van der Waals surface area contributed by atoms with E-state index in [9.17, 15) is 27.9 Å². The highest BCUT2D eigenvalue weighted by Crippen LogP contribution is 2.38. The van der Waals surface area contributed by atoms with E-state index < -0.39 is 29.1 Å². The predicted molar refractivity (Wildman–Crippen MR) is 89.0 cm³/mol. The van der Waals surface area contributed by atoms with E-state index in [0.717, 1.165) is 11.6 Å². The summed E-state index contributed by atoms with van der Waals surface area (Å²) in [5.74, 6) is -1.78. The number of ether oxygens (including phenoxy) is 1. The van der Waals surface area contributed by atoms with Gasteiger partial charge in [0.2, 0.25) is 0 Å². The van der Waals surface area contributed by atoms with Crippen molar-refractivity contribution in [1.29, 1.82) is 0 Å². The lowest BCUT2D eigenvalue weighted by Gasteiger charge is -2.25. The Hall–Kier alpha value is -2.23.